The number of hydrogen-bond acceptors (Lipinski definition) is 4. The summed E-state index contributed by atoms with van der Waals surface area (Å²) in [6.07, 6.45) is -0.891. The predicted octanol–water partition coefficient (Wildman–Crippen LogP) is 7.42. The lowest BCUT2D eigenvalue weighted by Crippen LogP contribution is -2.19. The van der Waals surface area contributed by atoms with Crippen molar-refractivity contribution in [1.82, 2.24) is 0 Å². The smallest absolute Gasteiger partial charge is 0.336 e. The van der Waals surface area contributed by atoms with E-state index >= 15 is 0 Å². The Kier molecular flexibility index (Phi) is 6.21. The standard InChI is InChI=1S/C30H21ClO4/c1-19-26(17-16-24-25(18-27(32)35-29(19)24)20-8-4-2-5-9-20)34-30(22-10-6-3-7-11-22)28(33)21-12-14-23(31)15-13-21/h2-18,30H,1H3. The highest BCUT2D eigenvalue weighted by molar-refractivity contribution is 6.30. The van der Waals surface area contributed by atoms with E-state index in [4.69, 9.17) is 20.8 Å². The largest absolute Gasteiger partial charge is 0.477 e. The summed E-state index contributed by atoms with van der Waals surface area (Å²) >= 11 is 6.01. The second kappa shape index (κ2) is 9.61. The van der Waals surface area contributed by atoms with Gasteiger partial charge in [-0.05, 0) is 54.4 Å². The second-order valence-corrected chi connectivity index (χ2v) is 8.63. The van der Waals surface area contributed by atoms with Gasteiger partial charge in [-0.15, -0.1) is 0 Å². The van der Waals surface area contributed by atoms with Crippen LogP contribution in [-0.2, 0) is 0 Å². The number of ketones is 1. The fourth-order valence-electron chi connectivity index (χ4n) is 4.12. The summed E-state index contributed by atoms with van der Waals surface area (Å²) in [6, 6.07) is 30.9. The van der Waals surface area contributed by atoms with Gasteiger partial charge in [-0.2, -0.15) is 0 Å². The first-order chi connectivity index (χ1) is 17.0. The number of fused-ring (bicyclic) bond motifs is 1. The van der Waals surface area contributed by atoms with Crippen molar-refractivity contribution in [2.45, 2.75) is 13.0 Å². The molecule has 0 saturated heterocycles. The van der Waals surface area contributed by atoms with Gasteiger partial charge in [0, 0.05) is 33.2 Å². The van der Waals surface area contributed by atoms with Crippen LogP contribution in [0.3, 0.4) is 0 Å². The zero-order valence-electron chi connectivity index (χ0n) is 18.9. The monoisotopic (exact) mass is 480 g/mol. The Morgan fingerprint density at radius 3 is 2.20 bits per heavy atom. The molecule has 5 aromatic rings. The molecule has 1 heterocycles. The first-order valence-electron chi connectivity index (χ1n) is 11.2. The molecule has 0 aliphatic heterocycles. The molecule has 0 fully saturated rings. The molecule has 0 N–H and O–H groups in total. The van der Waals surface area contributed by atoms with Gasteiger partial charge in [0.25, 0.3) is 0 Å². The number of benzene rings is 4. The Morgan fingerprint density at radius 2 is 1.51 bits per heavy atom. The number of carbonyl (C=O) groups is 1. The first kappa shape index (κ1) is 22.6. The Morgan fingerprint density at radius 1 is 0.857 bits per heavy atom. The van der Waals surface area contributed by atoms with Crippen molar-refractivity contribution in [1.29, 1.82) is 0 Å². The van der Waals surface area contributed by atoms with Crippen LogP contribution in [0.25, 0.3) is 22.1 Å². The molecule has 0 bridgehead atoms. The quantitative estimate of drug-likeness (QED) is 0.187. The van der Waals surface area contributed by atoms with Gasteiger partial charge in [0.05, 0.1) is 0 Å². The van der Waals surface area contributed by atoms with Crippen LogP contribution in [0, 0.1) is 6.92 Å². The second-order valence-electron chi connectivity index (χ2n) is 8.19. The highest BCUT2D eigenvalue weighted by Gasteiger charge is 2.25. The van der Waals surface area contributed by atoms with Crippen molar-refractivity contribution in [2.75, 3.05) is 0 Å². The van der Waals surface area contributed by atoms with Gasteiger partial charge in [0.1, 0.15) is 11.3 Å². The number of Topliss-reactive ketones (excluding diaryl/α,β-unsaturated/α-hetero) is 1. The van der Waals surface area contributed by atoms with E-state index in [1.54, 1.807) is 24.3 Å². The fraction of sp³-hybridized carbons (Fsp3) is 0.0667. The van der Waals surface area contributed by atoms with Crippen LogP contribution in [0.15, 0.2) is 112 Å². The molecule has 1 aromatic heterocycles. The van der Waals surface area contributed by atoms with Crippen molar-refractivity contribution < 1.29 is 13.9 Å². The summed E-state index contributed by atoms with van der Waals surface area (Å²) in [5.74, 6) is 0.258. The van der Waals surface area contributed by atoms with Crippen molar-refractivity contribution in [3.8, 4) is 16.9 Å². The van der Waals surface area contributed by atoms with Crippen LogP contribution in [0.2, 0.25) is 5.02 Å². The lowest BCUT2D eigenvalue weighted by atomic mass is 9.98. The summed E-state index contributed by atoms with van der Waals surface area (Å²) in [4.78, 5) is 25.9. The van der Waals surface area contributed by atoms with Gasteiger partial charge in [-0.3, -0.25) is 4.79 Å². The minimum Gasteiger partial charge on any atom is -0.477 e. The Hall–Kier alpha value is -4.15. The molecule has 0 amide bonds. The van der Waals surface area contributed by atoms with E-state index in [9.17, 15) is 9.59 Å². The average molecular weight is 481 g/mol. The summed E-state index contributed by atoms with van der Waals surface area (Å²) < 4.78 is 11.9. The summed E-state index contributed by atoms with van der Waals surface area (Å²) in [5, 5.41) is 1.34. The zero-order chi connectivity index (χ0) is 24.4. The van der Waals surface area contributed by atoms with Gasteiger partial charge < -0.3 is 9.15 Å². The Balaban J connectivity index is 1.60. The fourth-order valence-corrected chi connectivity index (χ4v) is 4.25. The molecule has 1 unspecified atom stereocenters. The highest BCUT2D eigenvalue weighted by Crippen LogP contribution is 2.35. The van der Waals surface area contributed by atoms with Crippen molar-refractivity contribution in [3.63, 3.8) is 0 Å². The molecular formula is C30H21ClO4. The third-order valence-corrected chi connectivity index (χ3v) is 6.16. The molecule has 0 aliphatic rings. The van der Waals surface area contributed by atoms with Gasteiger partial charge in [0.15, 0.2) is 6.10 Å². The number of carbonyl (C=O) groups excluding carboxylic acids is 1. The van der Waals surface area contributed by atoms with Crippen LogP contribution in [0.4, 0.5) is 0 Å². The molecule has 5 heteroatoms. The molecule has 5 rings (SSSR count). The van der Waals surface area contributed by atoms with Gasteiger partial charge >= 0.3 is 5.63 Å². The predicted molar refractivity (Wildman–Crippen MR) is 138 cm³/mol. The topological polar surface area (TPSA) is 56.5 Å². The molecule has 0 radical (unpaired) electrons. The van der Waals surface area contributed by atoms with E-state index in [2.05, 4.69) is 0 Å². The molecular weight excluding hydrogens is 460 g/mol. The van der Waals surface area contributed by atoms with Crippen LogP contribution >= 0.6 is 11.6 Å². The molecule has 0 spiro atoms. The van der Waals surface area contributed by atoms with E-state index in [1.165, 1.54) is 6.07 Å². The molecule has 35 heavy (non-hydrogen) atoms. The minimum atomic E-state index is -0.891. The van der Waals surface area contributed by atoms with Crippen LogP contribution in [-0.4, -0.2) is 5.78 Å². The number of aryl methyl sites for hydroxylation is 1. The highest BCUT2D eigenvalue weighted by atomic mass is 35.5. The molecule has 1 atom stereocenters. The summed E-state index contributed by atoms with van der Waals surface area (Å²) in [7, 11) is 0. The average Bonchev–Trinajstić information content (AvgIpc) is 2.89. The maximum absolute atomic E-state index is 13.5. The third-order valence-electron chi connectivity index (χ3n) is 5.91. The van der Waals surface area contributed by atoms with Crippen molar-refractivity contribution in [2.24, 2.45) is 0 Å². The van der Waals surface area contributed by atoms with Gasteiger partial charge in [0.2, 0.25) is 5.78 Å². The lowest BCUT2D eigenvalue weighted by Gasteiger charge is -2.21. The third kappa shape index (κ3) is 4.61. The van der Waals surface area contributed by atoms with Crippen LogP contribution < -0.4 is 10.4 Å². The molecule has 0 saturated carbocycles. The maximum atomic E-state index is 13.5. The molecule has 4 aromatic carbocycles. The Labute approximate surface area is 207 Å². The Bertz CT molecular complexity index is 1560. The van der Waals surface area contributed by atoms with E-state index in [1.807, 2.05) is 79.7 Å². The maximum Gasteiger partial charge on any atom is 0.336 e. The van der Waals surface area contributed by atoms with E-state index in [0.29, 0.717) is 33.0 Å². The molecule has 4 nitrogen and oxygen atoms in total. The molecule has 0 aliphatic carbocycles. The van der Waals surface area contributed by atoms with E-state index in [-0.39, 0.29) is 5.78 Å². The van der Waals surface area contributed by atoms with E-state index in [0.717, 1.165) is 16.5 Å². The summed E-state index contributed by atoms with van der Waals surface area (Å²) in [5.41, 5.74) is 3.52. The number of halogens is 1. The first-order valence-corrected chi connectivity index (χ1v) is 11.5. The number of ether oxygens (including phenoxy) is 1. The number of rotatable bonds is 6. The van der Waals surface area contributed by atoms with Crippen LogP contribution in [0.5, 0.6) is 5.75 Å². The molecule has 172 valence electrons. The van der Waals surface area contributed by atoms with E-state index < -0.39 is 11.7 Å². The SMILES string of the molecule is Cc1c(OC(C(=O)c2ccc(Cl)cc2)c2ccccc2)ccc2c(-c3ccccc3)cc(=O)oc12. The van der Waals surface area contributed by atoms with Gasteiger partial charge in [-0.1, -0.05) is 72.3 Å². The number of hydrogen-bond donors (Lipinski definition) is 0. The lowest BCUT2D eigenvalue weighted by molar-refractivity contribution is 0.0791. The van der Waals surface area contributed by atoms with Gasteiger partial charge in [-0.25, -0.2) is 4.79 Å². The minimum absolute atomic E-state index is 0.202. The van der Waals surface area contributed by atoms with Crippen molar-refractivity contribution in [3.05, 3.63) is 135 Å². The zero-order valence-corrected chi connectivity index (χ0v) is 19.7. The summed E-state index contributed by atoms with van der Waals surface area (Å²) in [6.45, 7) is 1.82. The van der Waals surface area contributed by atoms with Crippen LogP contribution in [0.1, 0.15) is 27.6 Å². The normalized spacial score (nSPS) is 11.8. The van der Waals surface area contributed by atoms with Crippen molar-refractivity contribution >= 4 is 28.4 Å².